The topological polar surface area (TPSA) is 59.7 Å². The molecular weight excluding hydrogens is 289 g/mol. The molecule has 0 atom stereocenters. The zero-order valence-electron chi connectivity index (χ0n) is 11.4. The Morgan fingerprint density at radius 1 is 1.09 bits per heavy atom. The lowest BCUT2D eigenvalue weighted by molar-refractivity contribution is -0.356. The third-order valence-electron chi connectivity index (χ3n) is 3.90. The summed E-state index contributed by atoms with van der Waals surface area (Å²) in [4.78, 5) is 0. The number of allylic oxidation sites excluding steroid dienone is 2. The fourth-order valence-corrected chi connectivity index (χ4v) is 2.94. The Hall–Kier alpha value is -2.67. The van der Waals surface area contributed by atoms with E-state index < -0.39 is 6.97 Å². The average molecular weight is 302 g/mol. The van der Waals surface area contributed by atoms with Crippen molar-refractivity contribution in [3.63, 3.8) is 0 Å². The van der Waals surface area contributed by atoms with Crippen molar-refractivity contribution in [1.82, 2.24) is 4.48 Å². The molecule has 0 saturated heterocycles. The van der Waals surface area contributed by atoms with Gasteiger partial charge in [0.25, 0.3) is 0 Å². The van der Waals surface area contributed by atoms with Crippen molar-refractivity contribution in [3.05, 3.63) is 71.7 Å². The van der Waals surface area contributed by atoms with Gasteiger partial charge in [0.05, 0.1) is 5.57 Å². The zero-order chi connectivity index (χ0) is 14.6. The van der Waals surface area contributed by atoms with Gasteiger partial charge < -0.3 is 28.2 Å². The molecule has 3 N–H and O–H groups in total. The molecule has 112 valence electrons. The lowest BCUT2D eigenvalue weighted by atomic mass is 9.86. The van der Waals surface area contributed by atoms with Gasteiger partial charge in [0.2, 0.25) is 0 Å². The molecule has 0 spiro atoms. The minimum absolute atomic E-state index is 0. The Kier molecular flexibility index (Phi) is 3.03. The smallest absolute Gasteiger partial charge is 0.508 e. The lowest BCUT2D eigenvalue weighted by Gasteiger charge is -2.30. The van der Waals surface area contributed by atoms with Crippen LogP contribution in [0.1, 0.15) is 11.3 Å². The number of rotatable bonds is 1. The summed E-state index contributed by atoms with van der Waals surface area (Å²) in [5, 5.41) is 9.41. The molecule has 0 unspecified atom stereocenters. The van der Waals surface area contributed by atoms with Crippen molar-refractivity contribution in [1.29, 1.82) is 0 Å². The maximum absolute atomic E-state index is 14.5. The summed E-state index contributed by atoms with van der Waals surface area (Å²) in [6, 6.07) is 9.89. The SMILES string of the molecule is O.Oc1ccc(C2=C3C=CC=[N+]3[B-](F)(F)n3cccc32)cc1. The molecule has 3 heterocycles. The average Bonchev–Trinajstić information content (AvgIpc) is 3.10. The van der Waals surface area contributed by atoms with Gasteiger partial charge in [-0.05, 0) is 36.0 Å². The van der Waals surface area contributed by atoms with Crippen LogP contribution in [0.4, 0.5) is 8.63 Å². The van der Waals surface area contributed by atoms with E-state index in [0.717, 1.165) is 20.1 Å². The Morgan fingerprint density at radius 3 is 2.55 bits per heavy atom. The summed E-state index contributed by atoms with van der Waals surface area (Å²) in [5.74, 6) is 0.149. The molecule has 0 saturated carbocycles. The molecule has 2 aliphatic heterocycles. The van der Waals surface area contributed by atoms with Crippen molar-refractivity contribution in [2.24, 2.45) is 0 Å². The van der Waals surface area contributed by atoms with Gasteiger partial charge in [-0.25, -0.2) is 0 Å². The van der Waals surface area contributed by atoms with Crippen LogP contribution in [0.3, 0.4) is 0 Å². The summed E-state index contributed by atoms with van der Waals surface area (Å²) in [7, 11) is 0. The molecule has 4 rings (SSSR count). The van der Waals surface area contributed by atoms with Crippen LogP contribution < -0.4 is 0 Å². The van der Waals surface area contributed by atoms with E-state index >= 15 is 0 Å². The summed E-state index contributed by atoms with van der Waals surface area (Å²) in [6.45, 7) is -3.86. The zero-order valence-corrected chi connectivity index (χ0v) is 11.4. The minimum Gasteiger partial charge on any atom is -0.508 e. The van der Waals surface area contributed by atoms with Gasteiger partial charge in [0, 0.05) is 17.8 Å². The highest BCUT2D eigenvalue weighted by Crippen LogP contribution is 2.38. The predicted molar refractivity (Wildman–Crippen MR) is 81.0 cm³/mol. The largest absolute Gasteiger partial charge is 0.737 e. The summed E-state index contributed by atoms with van der Waals surface area (Å²) < 4.78 is 31.1. The van der Waals surface area contributed by atoms with E-state index in [1.807, 2.05) is 0 Å². The number of phenols is 1. The molecule has 7 heteroatoms. The standard InChI is InChI=1S/C15H11BF2N2O.H2O/c17-16(18)19-9-1-3-13(19)15(14-4-2-10-20(14)16)11-5-7-12(21)8-6-11;/h1-10,21H;1H2. The normalized spacial score (nSPS) is 17.6. The van der Waals surface area contributed by atoms with Crippen molar-refractivity contribution < 1.29 is 23.7 Å². The Labute approximate surface area is 125 Å². The maximum atomic E-state index is 14.5. The second-order valence-electron chi connectivity index (χ2n) is 5.11. The fraction of sp³-hybridized carbons (Fsp3) is 0. The van der Waals surface area contributed by atoms with Crippen LogP contribution in [0.2, 0.25) is 0 Å². The molecule has 1 aromatic carbocycles. The molecule has 4 nitrogen and oxygen atoms in total. The molecule has 2 aliphatic rings. The number of phenolic OH excluding ortho intramolecular Hbond substituents is 1. The van der Waals surface area contributed by atoms with E-state index in [-0.39, 0.29) is 11.2 Å². The summed E-state index contributed by atoms with van der Waals surface area (Å²) in [6.07, 6.45) is 6.11. The maximum Gasteiger partial charge on any atom is 0.737 e. The second-order valence-corrected chi connectivity index (χ2v) is 5.11. The van der Waals surface area contributed by atoms with Crippen molar-refractivity contribution in [2.75, 3.05) is 0 Å². The van der Waals surface area contributed by atoms with Crippen molar-refractivity contribution in [3.8, 4) is 5.75 Å². The summed E-state index contributed by atoms with van der Waals surface area (Å²) in [5.41, 5.74) is 2.49. The number of nitrogens with zero attached hydrogens (tertiary/aromatic N) is 2. The van der Waals surface area contributed by atoms with Crippen LogP contribution in [0.15, 0.2) is 60.4 Å². The molecule has 0 fully saturated rings. The van der Waals surface area contributed by atoms with Gasteiger partial charge in [-0.15, -0.1) is 0 Å². The highest BCUT2D eigenvalue weighted by molar-refractivity contribution is 6.57. The number of hydrogen-bond donors (Lipinski definition) is 1. The van der Waals surface area contributed by atoms with Crippen LogP contribution in [0.25, 0.3) is 5.57 Å². The second kappa shape index (κ2) is 4.67. The predicted octanol–water partition coefficient (Wildman–Crippen LogP) is 2.02. The number of aromatic hydroxyl groups is 1. The van der Waals surface area contributed by atoms with Crippen molar-refractivity contribution in [2.45, 2.75) is 0 Å². The quantitative estimate of drug-likeness (QED) is 0.805. The van der Waals surface area contributed by atoms with Crippen molar-refractivity contribution >= 4 is 18.8 Å². The first-order chi connectivity index (χ1) is 10.1. The first-order valence-corrected chi connectivity index (χ1v) is 6.62. The number of halogens is 2. The first-order valence-electron chi connectivity index (χ1n) is 6.62. The van der Waals surface area contributed by atoms with Gasteiger partial charge in [-0.2, -0.15) is 0 Å². The summed E-state index contributed by atoms with van der Waals surface area (Å²) >= 11 is 0. The molecular formula is C15H13BF2N2O2. The van der Waals surface area contributed by atoms with Gasteiger partial charge in [0.15, 0.2) is 5.70 Å². The van der Waals surface area contributed by atoms with E-state index in [2.05, 4.69) is 0 Å². The highest BCUT2D eigenvalue weighted by Gasteiger charge is 2.51. The number of fused-ring (bicyclic) bond motifs is 2. The van der Waals surface area contributed by atoms with E-state index in [1.54, 1.807) is 48.6 Å². The van der Waals surface area contributed by atoms with Crippen LogP contribution >= 0.6 is 0 Å². The van der Waals surface area contributed by atoms with Gasteiger partial charge in [-0.3, -0.25) is 0 Å². The van der Waals surface area contributed by atoms with Gasteiger partial charge >= 0.3 is 6.97 Å². The highest BCUT2D eigenvalue weighted by atomic mass is 19.2. The molecule has 22 heavy (non-hydrogen) atoms. The third kappa shape index (κ3) is 1.76. The van der Waals surface area contributed by atoms with E-state index in [0.29, 0.717) is 11.4 Å². The first kappa shape index (κ1) is 14.3. The third-order valence-corrected chi connectivity index (χ3v) is 3.90. The molecule has 2 aromatic rings. The number of benzene rings is 1. The molecule has 0 amide bonds. The van der Waals surface area contributed by atoms with Gasteiger partial charge in [-0.1, -0.05) is 12.1 Å². The molecule has 1 aromatic heterocycles. The Morgan fingerprint density at radius 2 is 1.82 bits per heavy atom. The molecule has 0 aliphatic carbocycles. The van der Waals surface area contributed by atoms with Crippen LogP contribution in [0, 0.1) is 0 Å². The van der Waals surface area contributed by atoms with E-state index in [4.69, 9.17) is 0 Å². The van der Waals surface area contributed by atoms with E-state index in [1.165, 1.54) is 12.4 Å². The Balaban J connectivity index is 0.00000144. The van der Waals surface area contributed by atoms with Crippen LogP contribution in [0.5, 0.6) is 5.75 Å². The molecule has 0 radical (unpaired) electrons. The van der Waals surface area contributed by atoms with Crippen LogP contribution in [-0.4, -0.2) is 32.7 Å². The molecule has 0 bridgehead atoms. The number of hydrogen-bond acceptors (Lipinski definition) is 1. The van der Waals surface area contributed by atoms with Gasteiger partial charge in [0.1, 0.15) is 12.0 Å². The van der Waals surface area contributed by atoms with E-state index in [9.17, 15) is 13.7 Å². The fourth-order valence-electron chi connectivity index (χ4n) is 2.94. The Bertz CT molecular complexity index is 835. The van der Waals surface area contributed by atoms with Crippen LogP contribution in [-0.2, 0) is 0 Å². The lowest BCUT2D eigenvalue weighted by Crippen LogP contribution is -2.49. The monoisotopic (exact) mass is 302 g/mol. The number of aromatic nitrogens is 1. The minimum atomic E-state index is -3.86.